The lowest BCUT2D eigenvalue weighted by Gasteiger charge is -2.26. The number of carbonyl (C=O) groups excluding carboxylic acids is 4. The Hall–Kier alpha value is -2.82. The third-order valence-electron chi connectivity index (χ3n) is 4.20. The van der Waals surface area contributed by atoms with Crippen molar-refractivity contribution in [1.82, 2.24) is 10.2 Å². The Morgan fingerprint density at radius 3 is 2.26 bits per heavy atom. The molecule has 3 atom stereocenters. The molecule has 0 saturated carbocycles. The molecule has 1 fully saturated rings. The van der Waals surface area contributed by atoms with Gasteiger partial charge in [-0.25, -0.2) is 4.79 Å². The number of hydrogen-bond donors (Lipinski definition) is 4. The first-order valence-corrected chi connectivity index (χ1v) is 8.34. The molecule has 0 aliphatic carbocycles. The summed E-state index contributed by atoms with van der Waals surface area (Å²) in [6.45, 7) is 2.59. The second-order valence-electron chi connectivity index (χ2n) is 6.54. The number of imide groups is 1. The van der Waals surface area contributed by atoms with E-state index in [1.807, 2.05) is 0 Å². The van der Waals surface area contributed by atoms with Crippen LogP contribution in [-0.4, -0.2) is 69.2 Å². The van der Waals surface area contributed by atoms with E-state index in [4.69, 9.17) is 10.8 Å². The molecule has 3 amide bonds. The lowest BCUT2D eigenvalue weighted by atomic mass is 9.93. The van der Waals surface area contributed by atoms with E-state index in [2.05, 4.69) is 5.32 Å². The zero-order chi connectivity index (χ0) is 20.9. The minimum atomic E-state index is -1.48. The number of rotatable bonds is 10. The third kappa shape index (κ3) is 5.33. The van der Waals surface area contributed by atoms with Gasteiger partial charge in [-0.05, 0) is 12.3 Å². The molecule has 0 aromatic rings. The van der Waals surface area contributed by atoms with Gasteiger partial charge in [0.1, 0.15) is 12.0 Å². The minimum absolute atomic E-state index is 0.287. The maximum atomic E-state index is 12.7. The van der Waals surface area contributed by atoms with Crippen LogP contribution in [0.4, 0.5) is 0 Å². The summed E-state index contributed by atoms with van der Waals surface area (Å²) in [6.07, 6.45) is -1.27. The monoisotopic (exact) mass is 385 g/mol. The summed E-state index contributed by atoms with van der Waals surface area (Å²) in [7, 11) is 0. The zero-order valence-corrected chi connectivity index (χ0v) is 15.0. The molecular formula is C16H23N3O8. The molecule has 0 aromatic heterocycles. The van der Waals surface area contributed by atoms with Crippen LogP contribution >= 0.6 is 0 Å². The topological polar surface area (TPSA) is 184 Å². The fourth-order valence-electron chi connectivity index (χ4n) is 2.91. The summed E-state index contributed by atoms with van der Waals surface area (Å²) in [4.78, 5) is 71.7. The van der Waals surface area contributed by atoms with Gasteiger partial charge in [-0.1, -0.05) is 13.8 Å². The molecule has 0 bridgehead atoms. The summed E-state index contributed by atoms with van der Waals surface area (Å²) < 4.78 is 0. The predicted molar refractivity (Wildman–Crippen MR) is 89.1 cm³/mol. The van der Waals surface area contributed by atoms with Crippen molar-refractivity contribution in [2.45, 2.75) is 45.2 Å². The van der Waals surface area contributed by atoms with Crippen molar-refractivity contribution in [2.24, 2.45) is 17.6 Å². The molecule has 1 rings (SSSR count). The van der Waals surface area contributed by atoms with E-state index >= 15 is 0 Å². The highest BCUT2D eigenvalue weighted by atomic mass is 16.4. The third-order valence-corrected chi connectivity index (χ3v) is 4.20. The van der Waals surface area contributed by atoms with E-state index in [1.54, 1.807) is 0 Å². The van der Waals surface area contributed by atoms with Crippen LogP contribution in [0.1, 0.15) is 33.1 Å². The number of hydrogen-bond acceptors (Lipinski definition) is 7. The Balaban J connectivity index is 3.07. The van der Waals surface area contributed by atoms with Crippen LogP contribution in [-0.2, 0) is 28.8 Å². The molecule has 0 spiro atoms. The Morgan fingerprint density at radius 1 is 1.22 bits per heavy atom. The first kappa shape index (κ1) is 22.2. The van der Waals surface area contributed by atoms with Gasteiger partial charge in [0, 0.05) is 12.8 Å². The molecule has 11 nitrogen and oxygen atoms in total. The van der Waals surface area contributed by atoms with Gasteiger partial charge in [0.2, 0.25) is 17.7 Å². The summed E-state index contributed by atoms with van der Waals surface area (Å²) in [5.41, 5.74) is 5.17. The molecule has 1 heterocycles. The summed E-state index contributed by atoms with van der Waals surface area (Å²) >= 11 is 0. The maximum absolute atomic E-state index is 12.7. The van der Waals surface area contributed by atoms with E-state index in [0.29, 0.717) is 4.90 Å². The molecule has 5 N–H and O–H groups in total. The number of carbonyl (C=O) groups is 6. The number of Topliss-reactive ketones (excluding diaryl/α,β-unsaturated/α-hetero) is 1. The number of likely N-dealkylation sites (tertiary alicyclic amines) is 1. The van der Waals surface area contributed by atoms with Crippen molar-refractivity contribution in [3.05, 3.63) is 0 Å². The molecule has 0 radical (unpaired) electrons. The van der Waals surface area contributed by atoms with E-state index < -0.39 is 78.7 Å². The summed E-state index contributed by atoms with van der Waals surface area (Å²) in [5, 5.41) is 20.3. The van der Waals surface area contributed by atoms with Crippen molar-refractivity contribution in [3.63, 3.8) is 0 Å². The SMILES string of the molecule is CC(C)[C@@H](C(=O)O)N1C(=O)C[C@H](C(=O)[C@H](CCC(=O)O)NC(=O)CN)C1=O. The normalized spacial score (nSPS) is 19.1. The number of nitrogens with two attached hydrogens (primary N) is 1. The molecule has 0 unspecified atom stereocenters. The first-order chi connectivity index (χ1) is 12.5. The van der Waals surface area contributed by atoms with Crippen molar-refractivity contribution in [3.8, 4) is 0 Å². The highest BCUT2D eigenvalue weighted by molar-refractivity contribution is 6.17. The average Bonchev–Trinajstić information content (AvgIpc) is 2.85. The minimum Gasteiger partial charge on any atom is -0.481 e. The standard InChI is InChI=1S/C16H23N3O8/c1-7(2)13(16(26)27)19-11(21)5-8(15(19)25)14(24)9(3-4-12(22)23)18-10(20)6-17/h7-9,13H,3-6,17H2,1-2H3,(H,18,20)(H,22,23)(H,26,27)/t8-,9+,13+/m1/s1. The second kappa shape index (κ2) is 9.21. The van der Waals surface area contributed by atoms with Gasteiger partial charge in [0.25, 0.3) is 0 Å². The average molecular weight is 385 g/mol. The smallest absolute Gasteiger partial charge is 0.327 e. The van der Waals surface area contributed by atoms with Crippen LogP contribution < -0.4 is 11.1 Å². The number of aliphatic carboxylic acids is 2. The zero-order valence-electron chi connectivity index (χ0n) is 15.0. The number of amides is 3. The van der Waals surface area contributed by atoms with Crippen molar-refractivity contribution in [1.29, 1.82) is 0 Å². The van der Waals surface area contributed by atoms with Crippen LogP contribution in [0.25, 0.3) is 0 Å². The van der Waals surface area contributed by atoms with Crippen LogP contribution in [0.2, 0.25) is 0 Å². The molecule has 1 aliphatic rings. The molecule has 150 valence electrons. The fourth-order valence-corrected chi connectivity index (χ4v) is 2.91. The Labute approximate surface area is 154 Å². The van der Waals surface area contributed by atoms with Crippen LogP contribution in [0.5, 0.6) is 0 Å². The first-order valence-electron chi connectivity index (χ1n) is 8.34. The second-order valence-corrected chi connectivity index (χ2v) is 6.54. The molecule has 0 aromatic carbocycles. The van der Waals surface area contributed by atoms with Gasteiger partial charge in [-0.3, -0.25) is 28.9 Å². The molecular weight excluding hydrogens is 362 g/mol. The molecule has 11 heteroatoms. The lowest BCUT2D eigenvalue weighted by molar-refractivity contribution is -0.157. The number of nitrogens with one attached hydrogen (secondary N) is 1. The maximum Gasteiger partial charge on any atom is 0.327 e. The largest absolute Gasteiger partial charge is 0.481 e. The Morgan fingerprint density at radius 2 is 1.81 bits per heavy atom. The van der Waals surface area contributed by atoms with Crippen molar-refractivity contribution in [2.75, 3.05) is 6.54 Å². The van der Waals surface area contributed by atoms with Gasteiger partial charge in [0.05, 0.1) is 12.6 Å². The number of carboxylic acids is 2. The number of nitrogens with zero attached hydrogens (tertiary/aromatic N) is 1. The molecule has 1 saturated heterocycles. The van der Waals surface area contributed by atoms with Crippen LogP contribution in [0.15, 0.2) is 0 Å². The highest BCUT2D eigenvalue weighted by Crippen LogP contribution is 2.27. The van der Waals surface area contributed by atoms with Gasteiger partial charge in [-0.15, -0.1) is 0 Å². The summed E-state index contributed by atoms with van der Waals surface area (Å²) in [5.74, 6) is -7.98. The predicted octanol–water partition coefficient (Wildman–Crippen LogP) is -1.65. The van der Waals surface area contributed by atoms with E-state index in [9.17, 15) is 33.9 Å². The van der Waals surface area contributed by atoms with E-state index in [0.717, 1.165) is 0 Å². The van der Waals surface area contributed by atoms with E-state index in [1.165, 1.54) is 13.8 Å². The fraction of sp³-hybridized carbons (Fsp3) is 0.625. The quantitative estimate of drug-likeness (QED) is 0.252. The van der Waals surface area contributed by atoms with Crippen molar-refractivity contribution >= 4 is 35.4 Å². The highest BCUT2D eigenvalue weighted by Gasteiger charge is 2.49. The van der Waals surface area contributed by atoms with Gasteiger partial charge in [-0.2, -0.15) is 0 Å². The number of ketones is 1. The molecule has 1 aliphatic heterocycles. The Kier molecular flexibility index (Phi) is 7.58. The lowest BCUT2D eigenvalue weighted by Crippen LogP contribution is -2.50. The van der Waals surface area contributed by atoms with Crippen LogP contribution in [0.3, 0.4) is 0 Å². The summed E-state index contributed by atoms with van der Waals surface area (Å²) in [6, 6.07) is -2.74. The van der Waals surface area contributed by atoms with E-state index in [-0.39, 0.29) is 6.42 Å². The Bertz CT molecular complexity index is 660. The number of carboxylic acid groups (broad SMARTS) is 2. The van der Waals surface area contributed by atoms with Crippen molar-refractivity contribution < 1.29 is 39.0 Å². The van der Waals surface area contributed by atoms with Gasteiger partial charge < -0.3 is 21.3 Å². The van der Waals surface area contributed by atoms with Gasteiger partial charge >= 0.3 is 11.9 Å². The van der Waals surface area contributed by atoms with Gasteiger partial charge in [0.15, 0.2) is 5.78 Å². The molecule has 27 heavy (non-hydrogen) atoms. The van der Waals surface area contributed by atoms with Crippen LogP contribution in [0, 0.1) is 11.8 Å².